The Bertz CT molecular complexity index is 681. The Kier molecular flexibility index (Phi) is 4.77. The maximum absolute atomic E-state index is 12.5. The van der Waals surface area contributed by atoms with E-state index in [0.29, 0.717) is 0 Å². The number of quaternary nitrogens is 1. The minimum Gasteiger partial charge on any atom is -0.324 e. The Morgan fingerprint density at radius 3 is 2.65 bits per heavy atom. The number of amides is 1. The Morgan fingerprint density at radius 1 is 1.13 bits per heavy atom. The van der Waals surface area contributed by atoms with Gasteiger partial charge in [-0.25, -0.2) is 0 Å². The Hall–Kier alpha value is -2.13. The first-order valence-electron chi connectivity index (χ1n) is 8.42. The first kappa shape index (κ1) is 15.8. The van der Waals surface area contributed by atoms with Gasteiger partial charge in [0.2, 0.25) is 0 Å². The van der Waals surface area contributed by atoms with E-state index in [1.54, 1.807) is 0 Å². The molecule has 2 aromatic carbocycles. The van der Waals surface area contributed by atoms with Crippen LogP contribution in [0.1, 0.15) is 30.0 Å². The van der Waals surface area contributed by atoms with Gasteiger partial charge in [0.05, 0.1) is 7.05 Å². The van der Waals surface area contributed by atoms with Gasteiger partial charge in [-0.3, -0.25) is 4.79 Å². The number of carbonyl (C=O) groups excluding carboxylic acids is 1. The number of benzene rings is 2. The van der Waals surface area contributed by atoms with Crippen molar-refractivity contribution in [2.45, 2.75) is 38.8 Å². The molecule has 1 unspecified atom stereocenters. The first-order chi connectivity index (χ1) is 11.1. The lowest BCUT2D eigenvalue weighted by Crippen LogP contribution is -3.12. The Balaban J connectivity index is 1.61. The van der Waals surface area contributed by atoms with Crippen LogP contribution in [-0.2, 0) is 24.2 Å². The smallest absolute Gasteiger partial charge is 0.282 e. The molecule has 23 heavy (non-hydrogen) atoms. The minimum absolute atomic E-state index is 0.0800. The predicted molar refractivity (Wildman–Crippen MR) is 93.6 cm³/mol. The summed E-state index contributed by atoms with van der Waals surface area (Å²) in [4.78, 5) is 13.7. The van der Waals surface area contributed by atoms with Crippen molar-refractivity contribution in [3.8, 4) is 0 Å². The molecule has 0 fully saturated rings. The molecule has 0 saturated carbocycles. The van der Waals surface area contributed by atoms with Gasteiger partial charge in [0.1, 0.15) is 6.54 Å². The number of nitrogens with one attached hydrogen (secondary N) is 2. The highest BCUT2D eigenvalue weighted by molar-refractivity contribution is 5.93. The highest BCUT2D eigenvalue weighted by atomic mass is 16.2. The van der Waals surface area contributed by atoms with Crippen molar-refractivity contribution in [1.82, 2.24) is 0 Å². The normalized spacial score (nSPS) is 15.7. The predicted octanol–water partition coefficient (Wildman–Crippen LogP) is 2.22. The summed E-state index contributed by atoms with van der Waals surface area (Å²) in [6.45, 7) is 2.83. The van der Waals surface area contributed by atoms with Crippen molar-refractivity contribution in [2.24, 2.45) is 0 Å². The summed E-state index contributed by atoms with van der Waals surface area (Å²) in [5.74, 6) is 0.0800. The third-order valence-corrected chi connectivity index (χ3v) is 4.82. The molecular weight excluding hydrogens is 284 g/mol. The molecule has 2 N–H and O–H groups in total. The summed E-state index contributed by atoms with van der Waals surface area (Å²) >= 11 is 0. The minimum atomic E-state index is -0.0940. The number of anilines is 1. The second kappa shape index (κ2) is 6.97. The molecule has 3 rings (SSSR count). The monoisotopic (exact) mass is 309 g/mol. The van der Waals surface area contributed by atoms with Crippen LogP contribution in [0.4, 0.5) is 5.69 Å². The van der Waals surface area contributed by atoms with Crippen molar-refractivity contribution in [3.63, 3.8) is 0 Å². The summed E-state index contributed by atoms with van der Waals surface area (Å²) in [5.41, 5.74) is 5.00. The second-order valence-corrected chi connectivity index (χ2v) is 6.56. The van der Waals surface area contributed by atoms with Gasteiger partial charge in [-0.2, -0.15) is 0 Å². The van der Waals surface area contributed by atoms with Crippen molar-refractivity contribution in [3.05, 3.63) is 65.2 Å². The maximum atomic E-state index is 12.5. The van der Waals surface area contributed by atoms with E-state index in [9.17, 15) is 4.79 Å². The van der Waals surface area contributed by atoms with E-state index in [1.165, 1.54) is 34.4 Å². The molecule has 1 aliphatic carbocycles. The number of rotatable bonds is 5. The standard InChI is InChI=1S/C20H24N2O/c1-15(22(2)14-16-7-4-3-5-8-16)20(23)21-19-12-11-17-9-6-10-18(17)13-19/h3-5,7-8,11-13,15H,6,9-10,14H2,1-2H3,(H,21,23)/p+1/t15-/m1/s1. The van der Waals surface area contributed by atoms with Gasteiger partial charge < -0.3 is 10.2 Å². The summed E-state index contributed by atoms with van der Waals surface area (Å²) < 4.78 is 0. The maximum Gasteiger partial charge on any atom is 0.282 e. The average Bonchev–Trinajstić information content (AvgIpc) is 3.02. The second-order valence-electron chi connectivity index (χ2n) is 6.56. The van der Waals surface area contributed by atoms with Crippen LogP contribution in [0.2, 0.25) is 0 Å². The zero-order valence-corrected chi connectivity index (χ0v) is 13.9. The van der Waals surface area contributed by atoms with Gasteiger partial charge in [-0.15, -0.1) is 0 Å². The molecular formula is C20H25N2O+. The van der Waals surface area contributed by atoms with E-state index in [2.05, 4.69) is 36.6 Å². The van der Waals surface area contributed by atoms with Crippen LogP contribution in [0.15, 0.2) is 48.5 Å². The van der Waals surface area contributed by atoms with E-state index in [-0.39, 0.29) is 11.9 Å². The van der Waals surface area contributed by atoms with E-state index in [4.69, 9.17) is 0 Å². The number of hydrogen-bond donors (Lipinski definition) is 2. The highest BCUT2D eigenvalue weighted by Crippen LogP contribution is 2.24. The molecule has 3 nitrogen and oxygen atoms in total. The van der Waals surface area contributed by atoms with Gasteiger partial charge in [-0.05, 0) is 49.4 Å². The van der Waals surface area contributed by atoms with Gasteiger partial charge in [0.15, 0.2) is 6.04 Å². The van der Waals surface area contributed by atoms with Crippen LogP contribution in [0.25, 0.3) is 0 Å². The van der Waals surface area contributed by atoms with Gasteiger partial charge >= 0.3 is 0 Å². The van der Waals surface area contributed by atoms with Crippen molar-refractivity contribution >= 4 is 11.6 Å². The largest absolute Gasteiger partial charge is 0.324 e. The lowest BCUT2D eigenvalue weighted by atomic mass is 10.1. The van der Waals surface area contributed by atoms with E-state index in [0.717, 1.165) is 18.7 Å². The van der Waals surface area contributed by atoms with E-state index < -0.39 is 0 Å². The van der Waals surface area contributed by atoms with Crippen molar-refractivity contribution in [2.75, 3.05) is 12.4 Å². The molecule has 2 atom stereocenters. The summed E-state index contributed by atoms with van der Waals surface area (Å²) in [6, 6.07) is 16.5. The zero-order chi connectivity index (χ0) is 16.2. The number of carbonyl (C=O) groups is 1. The molecule has 0 radical (unpaired) electrons. The molecule has 0 spiro atoms. The number of hydrogen-bond acceptors (Lipinski definition) is 1. The molecule has 1 aliphatic rings. The summed E-state index contributed by atoms with van der Waals surface area (Å²) in [6.07, 6.45) is 3.53. The van der Waals surface area contributed by atoms with Crippen molar-refractivity contribution in [1.29, 1.82) is 0 Å². The van der Waals surface area contributed by atoms with Crippen molar-refractivity contribution < 1.29 is 9.69 Å². The molecule has 0 aromatic heterocycles. The van der Waals surface area contributed by atoms with Crippen LogP contribution in [-0.4, -0.2) is 19.0 Å². The van der Waals surface area contributed by atoms with Crippen LogP contribution in [0, 0.1) is 0 Å². The van der Waals surface area contributed by atoms with E-state index in [1.807, 2.05) is 31.2 Å². The Labute approximate surface area is 138 Å². The fourth-order valence-corrected chi connectivity index (χ4v) is 3.19. The van der Waals surface area contributed by atoms with Gasteiger partial charge in [-0.1, -0.05) is 36.4 Å². The highest BCUT2D eigenvalue weighted by Gasteiger charge is 2.22. The fraction of sp³-hybridized carbons (Fsp3) is 0.350. The van der Waals surface area contributed by atoms with Crippen LogP contribution in [0.5, 0.6) is 0 Å². The molecule has 0 aliphatic heterocycles. The van der Waals surface area contributed by atoms with Crippen LogP contribution >= 0.6 is 0 Å². The average molecular weight is 309 g/mol. The molecule has 3 heteroatoms. The topological polar surface area (TPSA) is 33.5 Å². The summed E-state index contributed by atoms with van der Waals surface area (Å²) in [5, 5.41) is 3.08. The van der Waals surface area contributed by atoms with Crippen LogP contribution < -0.4 is 10.2 Å². The zero-order valence-electron chi connectivity index (χ0n) is 13.9. The fourth-order valence-electron chi connectivity index (χ4n) is 3.19. The lowest BCUT2D eigenvalue weighted by Gasteiger charge is -2.21. The van der Waals surface area contributed by atoms with E-state index >= 15 is 0 Å². The molecule has 0 bridgehead atoms. The molecule has 120 valence electrons. The third-order valence-electron chi connectivity index (χ3n) is 4.82. The first-order valence-corrected chi connectivity index (χ1v) is 8.42. The quantitative estimate of drug-likeness (QED) is 0.872. The number of likely N-dealkylation sites (N-methyl/N-ethyl adjacent to an activating group) is 1. The van der Waals surface area contributed by atoms with Gasteiger partial charge in [0.25, 0.3) is 5.91 Å². The number of fused-ring (bicyclic) bond motifs is 1. The molecule has 0 saturated heterocycles. The third kappa shape index (κ3) is 3.80. The number of aryl methyl sites for hydroxylation is 2. The molecule has 0 heterocycles. The molecule has 2 aromatic rings. The van der Waals surface area contributed by atoms with Gasteiger partial charge in [0, 0.05) is 11.3 Å². The molecule has 1 amide bonds. The Morgan fingerprint density at radius 2 is 1.87 bits per heavy atom. The van der Waals surface area contributed by atoms with Crippen LogP contribution in [0.3, 0.4) is 0 Å². The SMILES string of the molecule is C[C@H](C(=O)Nc1ccc2c(c1)CCC2)[NH+](C)Cc1ccccc1. The summed E-state index contributed by atoms with van der Waals surface area (Å²) in [7, 11) is 2.07. The lowest BCUT2D eigenvalue weighted by molar-refractivity contribution is -0.907.